The Morgan fingerprint density at radius 2 is 1.47 bits per heavy atom. The number of carbonyl (C=O) groups excluding carboxylic acids is 2. The second-order valence-electron chi connectivity index (χ2n) is 9.18. The highest BCUT2D eigenvalue weighted by atomic mass is 32.2. The molecule has 0 aromatic heterocycles. The lowest BCUT2D eigenvalue weighted by Gasteiger charge is -2.33. The maximum absolute atomic E-state index is 13.6. The molecule has 8 heteroatoms. The third kappa shape index (κ3) is 7.87. The lowest BCUT2D eigenvalue weighted by Crippen LogP contribution is -2.52. The van der Waals surface area contributed by atoms with Crippen molar-refractivity contribution in [3.63, 3.8) is 0 Å². The summed E-state index contributed by atoms with van der Waals surface area (Å²) in [6, 6.07) is 14.0. The van der Waals surface area contributed by atoms with E-state index in [-0.39, 0.29) is 24.9 Å². The number of aryl methyl sites for hydroxylation is 2. The van der Waals surface area contributed by atoms with Crippen molar-refractivity contribution in [3.8, 4) is 0 Å². The first-order chi connectivity index (χ1) is 15.9. The standard InChI is InChI=1S/C26H37N3O4S/c1-7-24(26(31)27-16-19(2)3)28(17-22-12-8-20(4)9-13-22)25(30)18-29(34(6,32)33)23-14-10-21(5)11-15-23/h8-15,19,24H,7,16-18H2,1-6H3,(H,27,31). The van der Waals surface area contributed by atoms with Crippen LogP contribution in [0.25, 0.3) is 0 Å². The number of nitrogens with zero attached hydrogens (tertiary/aromatic N) is 2. The summed E-state index contributed by atoms with van der Waals surface area (Å²) in [5.74, 6) is -0.402. The monoisotopic (exact) mass is 487 g/mol. The number of hydrogen-bond donors (Lipinski definition) is 1. The Balaban J connectivity index is 2.39. The van der Waals surface area contributed by atoms with Crippen LogP contribution in [0.3, 0.4) is 0 Å². The van der Waals surface area contributed by atoms with Crippen molar-refractivity contribution >= 4 is 27.5 Å². The smallest absolute Gasteiger partial charge is 0.244 e. The zero-order chi connectivity index (χ0) is 25.5. The van der Waals surface area contributed by atoms with Gasteiger partial charge >= 0.3 is 0 Å². The summed E-state index contributed by atoms with van der Waals surface area (Å²) in [6.45, 7) is 10.1. The Labute approximate surface area is 204 Å². The lowest BCUT2D eigenvalue weighted by atomic mass is 10.1. The van der Waals surface area contributed by atoms with Gasteiger partial charge in [0.25, 0.3) is 0 Å². The van der Waals surface area contributed by atoms with E-state index in [1.165, 1.54) is 4.90 Å². The largest absolute Gasteiger partial charge is 0.354 e. The van der Waals surface area contributed by atoms with Crippen molar-refractivity contribution in [1.82, 2.24) is 10.2 Å². The highest BCUT2D eigenvalue weighted by Gasteiger charge is 2.31. The van der Waals surface area contributed by atoms with Gasteiger partial charge in [0.15, 0.2) is 0 Å². The minimum atomic E-state index is -3.73. The van der Waals surface area contributed by atoms with E-state index in [1.54, 1.807) is 24.3 Å². The number of hydrogen-bond acceptors (Lipinski definition) is 4. The fraction of sp³-hybridized carbons (Fsp3) is 0.462. The second-order valence-corrected chi connectivity index (χ2v) is 11.1. The Morgan fingerprint density at radius 1 is 0.941 bits per heavy atom. The topological polar surface area (TPSA) is 86.8 Å². The third-order valence-corrected chi connectivity index (χ3v) is 6.69. The van der Waals surface area contributed by atoms with Gasteiger partial charge in [0.05, 0.1) is 11.9 Å². The van der Waals surface area contributed by atoms with Crippen LogP contribution in [-0.2, 0) is 26.2 Å². The van der Waals surface area contributed by atoms with Gasteiger partial charge in [-0.15, -0.1) is 0 Å². The van der Waals surface area contributed by atoms with Crippen molar-refractivity contribution in [1.29, 1.82) is 0 Å². The van der Waals surface area contributed by atoms with E-state index in [1.807, 2.05) is 58.9 Å². The first kappa shape index (κ1) is 27.4. The van der Waals surface area contributed by atoms with Crippen LogP contribution in [0.1, 0.15) is 43.9 Å². The summed E-state index contributed by atoms with van der Waals surface area (Å²) in [4.78, 5) is 28.1. The molecule has 0 aliphatic carbocycles. The molecule has 2 rings (SSSR count). The highest BCUT2D eigenvalue weighted by molar-refractivity contribution is 7.92. The van der Waals surface area contributed by atoms with Crippen molar-refractivity contribution in [2.24, 2.45) is 5.92 Å². The SMILES string of the molecule is CCC(C(=O)NCC(C)C)N(Cc1ccc(C)cc1)C(=O)CN(c1ccc(C)cc1)S(C)(=O)=O. The predicted octanol–water partition coefficient (Wildman–Crippen LogP) is 3.65. The van der Waals surface area contributed by atoms with Crippen LogP contribution >= 0.6 is 0 Å². The first-order valence-corrected chi connectivity index (χ1v) is 13.4. The quantitative estimate of drug-likeness (QED) is 0.524. The van der Waals surface area contributed by atoms with E-state index in [0.29, 0.717) is 18.7 Å². The summed E-state index contributed by atoms with van der Waals surface area (Å²) < 4.78 is 26.3. The van der Waals surface area contributed by atoms with Crippen molar-refractivity contribution in [2.75, 3.05) is 23.7 Å². The van der Waals surface area contributed by atoms with Crippen molar-refractivity contribution in [3.05, 3.63) is 65.2 Å². The van der Waals surface area contributed by atoms with Gasteiger partial charge in [-0.2, -0.15) is 0 Å². The van der Waals surface area contributed by atoms with Crippen molar-refractivity contribution < 1.29 is 18.0 Å². The number of sulfonamides is 1. The lowest BCUT2D eigenvalue weighted by molar-refractivity contribution is -0.140. The molecule has 186 valence electrons. The summed E-state index contributed by atoms with van der Waals surface area (Å²) in [7, 11) is -3.73. The molecular formula is C26H37N3O4S. The number of rotatable bonds is 11. The number of carbonyl (C=O) groups is 2. The second kappa shape index (κ2) is 12.0. The summed E-state index contributed by atoms with van der Waals surface area (Å²) in [5.41, 5.74) is 3.35. The summed E-state index contributed by atoms with van der Waals surface area (Å²) in [6.07, 6.45) is 1.49. The molecule has 0 aliphatic heterocycles. The molecule has 0 saturated heterocycles. The minimum absolute atomic E-state index is 0.207. The maximum atomic E-state index is 13.6. The molecule has 1 unspecified atom stereocenters. The van der Waals surface area contributed by atoms with Gasteiger partial charge < -0.3 is 10.2 Å². The van der Waals surface area contributed by atoms with Gasteiger partial charge in [-0.05, 0) is 43.9 Å². The van der Waals surface area contributed by atoms with E-state index in [2.05, 4.69) is 5.32 Å². The first-order valence-electron chi connectivity index (χ1n) is 11.6. The molecular weight excluding hydrogens is 450 g/mol. The van der Waals surface area contributed by atoms with Gasteiger partial charge in [0, 0.05) is 13.1 Å². The van der Waals surface area contributed by atoms with Crippen LogP contribution in [0.15, 0.2) is 48.5 Å². The highest BCUT2D eigenvalue weighted by Crippen LogP contribution is 2.20. The van der Waals surface area contributed by atoms with Gasteiger partial charge in [-0.25, -0.2) is 8.42 Å². The molecule has 0 heterocycles. The Hall–Kier alpha value is -2.87. The third-order valence-electron chi connectivity index (χ3n) is 5.55. The molecule has 1 N–H and O–H groups in total. The number of anilines is 1. The maximum Gasteiger partial charge on any atom is 0.244 e. The van der Waals surface area contributed by atoms with Gasteiger partial charge in [-0.1, -0.05) is 68.3 Å². The molecule has 0 radical (unpaired) electrons. The number of nitrogens with one attached hydrogen (secondary N) is 1. The van der Waals surface area contributed by atoms with Crippen LogP contribution in [0, 0.1) is 19.8 Å². The Morgan fingerprint density at radius 3 is 1.94 bits per heavy atom. The van der Waals surface area contributed by atoms with Crippen LogP contribution in [-0.4, -0.2) is 50.5 Å². The molecule has 34 heavy (non-hydrogen) atoms. The molecule has 2 aromatic rings. The number of benzene rings is 2. The molecule has 0 saturated carbocycles. The molecule has 0 bridgehead atoms. The zero-order valence-electron chi connectivity index (χ0n) is 21.0. The predicted molar refractivity (Wildman–Crippen MR) is 137 cm³/mol. The molecule has 1 atom stereocenters. The van der Waals surface area contributed by atoms with Crippen LogP contribution in [0.4, 0.5) is 5.69 Å². The Bertz CT molecular complexity index is 1060. The van der Waals surface area contributed by atoms with Crippen molar-refractivity contribution in [2.45, 2.75) is 53.6 Å². The normalized spacial score (nSPS) is 12.3. The average molecular weight is 488 g/mol. The fourth-order valence-electron chi connectivity index (χ4n) is 3.56. The van der Waals surface area contributed by atoms with Gasteiger partial charge in [0.1, 0.15) is 12.6 Å². The fourth-order valence-corrected chi connectivity index (χ4v) is 4.41. The molecule has 2 aromatic carbocycles. The van der Waals surface area contributed by atoms with Gasteiger partial charge in [0.2, 0.25) is 21.8 Å². The van der Waals surface area contributed by atoms with Crippen LogP contribution in [0.5, 0.6) is 0 Å². The van der Waals surface area contributed by atoms with E-state index in [4.69, 9.17) is 0 Å². The average Bonchev–Trinajstić information content (AvgIpc) is 2.77. The van der Waals surface area contributed by atoms with E-state index >= 15 is 0 Å². The number of amides is 2. The summed E-state index contributed by atoms with van der Waals surface area (Å²) >= 11 is 0. The van der Waals surface area contributed by atoms with E-state index < -0.39 is 22.0 Å². The molecule has 7 nitrogen and oxygen atoms in total. The van der Waals surface area contributed by atoms with Crippen LogP contribution in [0.2, 0.25) is 0 Å². The summed E-state index contributed by atoms with van der Waals surface area (Å²) in [5, 5.41) is 2.92. The molecule has 2 amide bonds. The van der Waals surface area contributed by atoms with E-state index in [0.717, 1.165) is 27.3 Å². The minimum Gasteiger partial charge on any atom is -0.354 e. The van der Waals surface area contributed by atoms with Gasteiger partial charge in [-0.3, -0.25) is 13.9 Å². The molecule has 0 aliphatic rings. The molecule has 0 fully saturated rings. The Kier molecular flexibility index (Phi) is 9.67. The van der Waals surface area contributed by atoms with Crippen LogP contribution < -0.4 is 9.62 Å². The van der Waals surface area contributed by atoms with E-state index in [9.17, 15) is 18.0 Å². The molecule has 0 spiro atoms. The zero-order valence-corrected chi connectivity index (χ0v) is 21.9.